The van der Waals surface area contributed by atoms with Gasteiger partial charge in [0, 0.05) is 0 Å². The van der Waals surface area contributed by atoms with Crippen molar-refractivity contribution in [2.75, 3.05) is 6.61 Å². The summed E-state index contributed by atoms with van der Waals surface area (Å²) in [6.07, 6.45) is -0.693. The molecule has 0 aromatic heterocycles. The molecule has 0 fully saturated rings. The van der Waals surface area contributed by atoms with Crippen LogP contribution in [0.4, 0.5) is 0 Å². The lowest BCUT2D eigenvalue weighted by molar-refractivity contribution is 0.218. The molecule has 1 atom stereocenters. The van der Waals surface area contributed by atoms with Crippen molar-refractivity contribution in [2.45, 2.75) is 13.0 Å². The Morgan fingerprint density at radius 3 is 2.60 bits per heavy atom. The average molecular weight is 254 g/mol. The van der Waals surface area contributed by atoms with Crippen molar-refractivity contribution in [3.05, 3.63) is 21.8 Å². The molecule has 0 amide bonds. The molecule has 2 N–H and O–H groups in total. The Hall–Kier alpha value is 0.130. The highest BCUT2D eigenvalue weighted by Gasteiger charge is 2.08. The Kier molecular flexibility index (Phi) is 4.93. The standard InChI is InChI=1S/C7H11IO2/c1-5(3-8)7(10)6(2)4-9/h3,7,9-10H,2,4H2,1H3/b5-3-. The van der Waals surface area contributed by atoms with Gasteiger partial charge in [-0.1, -0.05) is 29.2 Å². The molecule has 0 aromatic rings. The second-order valence-electron chi connectivity index (χ2n) is 2.07. The van der Waals surface area contributed by atoms with Crippen molar-refractivity contribution in [3.8, 4) is 0 Å². The Morgan fingerprint density at radius 1 is 1.80 bits per heavy atom. The maximum Gasteiger partial charge on any atom is 0.0985 e. The van der Waals surface area contributed by atoms with Crippen LogP contribution in [0.2, 0.25) is 0 Å². The fourth-order valence-corrected chi connectivity index (χ4v) is 0.809. The predicted octanol–water partition coefficient (Wildman–Crippen LogP) is 1.23. The van der Waals surface area contributed by atoms with Gasteiger partial charge in [0.1, 0.15) is 0 Å². The molecule has 2 nitrogen and oxygen atoms in total. The van der Waals surface area contributed by atoms with Crippen molar-refractivity contribution in [1.29, 1.82) is 0 Å². The normalized spacial score (nSPS) is 15.0. The molecule has 0 aliphatic carbocycles. The fourth-order valence-electron chi connectivity index (χ4n) is 0.468. The summed E-state index contributed by atoms with van der Waals surface area (Å²) in [5.74, 6) is 0. The van der Waals surface area contributed by atoms with Crippen LogP contribution in [-0.2, 0) is 0 Å². The molecule has 3 heteroatoms. The molecule has 0 bridgehead atoms. The van der Waals surface area contributed by atoms with Crippen molar-refractivity contribution in [2.24, 2.45) is 0 Å². The largest absolute Gasteiger partial charge is 0.392 e. The number of halogens is 1. The number of hydrogen-bond acceptors (Lipinski definition) is 2. The maximum atomic E-state index is 9.25. The first-order valence-electron chi connectivity index (χ1n) is 2.87. The quantitative estimate of drug-likeness (QED) is 0.587. The third-order valence-electron chi connectivity index (χ3n) is 1.19. The van der Waals surface area contributed by atoms with Crippen LogP contribution in [0.1, 0.15) is 6.92 Å². The summed E-state index contributed by atoms with van der Waals surface area (Å²) in [7, 11) is 0. The highest BCUT2D eigenvalue weighted by atomic mass is 127. The Morgan fingerprint density at radius 2 is 2.30 bits per heavy atom. The molecule has 0 spiro atoms. The van der Waals surface area contributed by atoms with E-state index in [4.69, 9.17) is 5.11 Å². The Bertz CT molecular complexity index is 152. The second-order valence-corrected chi connectivity index (χ2v) is 2.69. The first-order chi connectivity index (χ1) is 4.63. The summed E-state index contributed by atoms with van der Waals surface area (Å²) in [6, 6.07) is 0. The van der Waals surface area contributed by atoms with Gasteiger partial charge in [0.25, 0.3) is 0 Å². The Balaban J connectivity index is 4.08. The molecular formula is C7H11IO2. The van der Waals surface area contributed by atoms with Crippen LogP contribution in [0.5, 0.6) is 0 Å². The van der Waals surface area contributed by atoms with Crippen LogP contribution in [-0.4, -0.2) is 22.9 Å². The zero-order chi connectivity index (χ0) is 8.15. The van der Waals surface area contributed by atoms with E-state index < -0.39 is 6.10 Å². The van der Waals surface area contributed by atoms with Crippen LogP contribution in [0.25, 0.3) is 0 Å². The van der Waals surface area contributed by atoms with Gasteiger partial charge in [0.15, 0.2) is 0 Å². The van der Waals surface area contributed by atoms with Crippen LogP contribution in [0.15, 0.2) is 21.8 Å². The maximum absolute atomic E-state index is 9.25. The van der Waals surface area contributed by atoms with E-state index in [1.54, 1.807) is 11.0 Å². The smallest absolute Gasteiger partial charge is 0.0985 e. The first-order valence-corrected chi connectivity index (χ1v) is 4.11. The molecule has 0 rings (SSSR count). The van der Waals surface area contributed by atoms with Gasteiger partial charge in [0.05, 0.1) is 12.7 Å². The zero-order valence-electron chi connectivity index (χ0n) is 5.84. The zero-order valence-corrected chi connectivity index (χ0v) is 8.00. The molecular weight excluding hydrogens is 243 g/mol. The number of aliphatic hydroxyl groups is 2. The van der Waals surface area contributed by atoms with Gasteiger partial charge in [0.2, 0.25) is 0 Å². The van der Waals surface area contributed by atoms with E-state index in [0.29, 0.717) is 5.57 Å². The molecule has 1 unspecified atom stereocenters. The van der Waals surface area contributed by atoms with E-state index in [9.17, 15) is 5.11 Å². The SMILES string of the molecule is C=C(CO)C(O)/C(C)=C\I. The predicted molar refractivity (Wildman–Crippen MR) is 50.0 cm³/mol. The molecule has 0 aliphatic heterocycles. The molecule has 0 saturated carbocycles. The molecule has 0 aliphatic rings. The van der Waals surface area contributed by atoms with Gasteiger partial charge in [-0.2, -0.15) is 0 Å². The summed E-state index contributed by atoms with van der Waals surface area (Å²) in [4.78, 5) is 0. The van der Waals surface area contributed by atoms with E-state index >= 15 is 0 Å². The van der Waals surface area contributed by atoms with Gasteiger partial charge >= 0.3 is 0 Å². The minimum atomic E-state index is -0.693. The van der Waals surface area contributed by atoms with Crippen LogP contribution >= 0.6 is 22.6 Å². The van der Waals surface area contributed by atoms with E-state index in [1.807, 2.05) is 22.6 Å². The minimum Gasteiger partial charge on any atom is -0.392 e. The summed E-state index contributed by atoms with van der Waals surface area (Å²) in [5.41, 5.74) is 1.24. The van der Waals surface area contributed by atoms with Gasteiger partial charge in [-0.3, -0.25) is 0 Å². The third-order valence-corrected chi connectivity index (χ3v) is 2.18. The van der Waals surface area contributed by atoms with E-state index in [-0.39, 0.29) is 6.61 Å². The van der Waals surface area contributed by atoms with Crippen molar-refractivity contribution >= 4 is 22.6 Å². The average Bonchev–Trinajstić information content (AvgIpc) is 2.00. The molecule has 10 heavy (non-hydrogen) atoms. The molecule has 58 valence electrons. The van der Waals surface area contributed by atoms with Crippen molar-refractivity contribution in [3.63, 3.8) is 0 Å². The van der Waals surface area contributed by atoms with Gasteiger partial charge in [-0.05, 0) is 22.2 Å². The lowest BCUT2D eigenvalue weighted by atomic mass is 10.1. The van der Waals surface area contributed by atoms with Gasteiger partial charge < -0.3 is 10.2 Å². The van der Waals surface area contributed by atoms with Crippen molar-refractivity contribution < 1.29 is 10.2 Å². The highest BCUT2D eigenvalue weighted by molar-refractivity contribution is 14.1. The van der Waals surface area contributed by atoms with Crippen LogP contribution < -0.4 is 0 Å². The summed E-state index contributed by atoms with van der Waals surface area (Å²) in [6.45, 7) is 5.12. The number of aliphatic hydroxyl groups excluding tert-OH is 2. The third kappa shape index (κ3) is 2.81. The van der Waals surface area contributed by atoms with Crippen molar-refractivity contribution in [1.82, 2.24) is 0 Å². The van der Waals surface area contributed by atoms with Gasteiger partial charge in [-0.25, -0.2) is 0 Å². The number of rotatable bonds is 3. The summed E-state index contributed by atoms with van der Waals surface area (Å²) < 4.78 is 1.77. The summed E-state index contributed by atoms with van der Waals surface area (Å²) in [5, 5.41) is 17.8. The number of hydrogen-bond donors (Lipinski definition) is 2. The highest BCUT2D eigenvalue weighted by Crippen LogP contribution is 2.10. The molecule has 0 heterocycles. The van der Waals surface area contributed by atoms with E-state index in [0.717, 1.165) is 5.57 Å². The lowest BCUT2D eigenvalue weighted by Gasteiger charge is -2.10. The fraction of sp³-hybridized carbons (Fsp3) is 0.429. The Labute approximate surface area is 74.4 Å². The summed E-state index contributed by atoms with van der Waals surface area (Å²) >= 11 is 2.03. The van der Waals surface area contributed by atoms with Crippen LogP contribution in [0.3, 0.4) is 0 Å². The molecule has 0 saturated heterocycles. The minimum absolute atomic E-state index is 0.164. The van der Waals surface area contributed by atoms with E-state index in [1.165, 1.54) is 0 Å². The first kappa shape index (κ1) is 10.1. The second kappa shape index (κ2) is 4.87. The molecule has 0 radical (unpaired) electrons. The molecule has 0 aromatic carbocycles. The van der Waals surface area contributed by atoms with Crippen LogP contribution in [0, 0.1) is 0 Å². The monoisotopic (exact) mass is 254 g/mol. The lowest BCUT2D eigenvalue weighted by Crippen LogP contribution is -2.13. The van der Waals surface area contributed by atoms with E-state index in [2.05, 4.69) is 6.58 Å². The topological polar surface area (TPSA) is 40.5 Å². The van der Waals surface area contributed by atoms with Gasteiger partial charge in [-0.15, -0.1) is 0 Å².